The molecule has 0 bridgehead atoms. The summed E-state index contributed by atoms with van der Waals surface area (Å²) in [5, 5.41) is 0. The third-order valence-electron chi connectivity index (χ3n) is 3.84. The van der Waals surface area contributed by atoms with Crippen LogP contribution in [-0.2, 0) is 26.5 Å². The van der Waals surface area contributed by atoms with Gasteiger partial charge in [-0.2, -0.15) is 0 Å². The van der Waals surface area contributed by atoms with E-state index in [0.717, 1.165) is 0 Å². The predicted molar refractivity (Wildman–Crippen MR) is 123 cm³/mol. The van der Waals surface area contributed by atoms with Crippen LogP contribution in [0.15, 0.2) is 121 Å². The summed E-state index contributed by atoms with van der Waals surface area (Å²) in [6.07, 6.45) is 0. The summed E-state index contributed by atoms with van der Waals surface area (Å²) in [4.78, 5) is 23.1. The molecule has 0 atom stereocenters. The van der Waals surface area contributed by atoms with Crippen LogP contribution in [-0.4, -0.2) is 0 Å². The smallest absolute Gasteiger partial charge is 0.736 e. The first-order valence-corrected chi connectivity index (χ1v) is 12.8. The second kappa shape index (κ2) is 13.8. The van der Waals surface area contributed by atoms with Gasteiger partial charge in [-0.25, -0.2) is 9.13 Å². The van der Waals surface area contributed by atoms with Crippen molar-refractivity contribution in [1.29, 1.82) is 0 Å². The van der Waals surface area contributed by atoms with Crippen molar-refractivity contribution < 1.29 is 54.4 Å². The second-order valence-corrected chi connectivity index (χ2v) is 9.03. The van der Waals surface area contributed by atoms with Gasteiger partial charge in [0, 0.05) is 0 Å². The number of phosphoric ester groups is 2. The fourth-order valence-corrected chi connectivity index (χ4v) is 4.07. The summed E-state index contributed by atoms with van der Waals surface area (Å²) in [6.45, 7) is 0. The first kappa shape index (κ1) is 28.2. The zero-order valence-corrected chi connectivity index (χ0v) is 21.2. The molecule has 4 aromatic rings. The van der Waals surface area contributed by atoms with Crippen molar-refractivity contribution in [2.45, 2.75) is 0 Å². The van der Waals surface area contributed by atoms with Gasteiger partial charge >= 0.3 is 33.0 Å². The molecule has 180 valence electrons. The van der Waals surface area contributed by atoms with Crippen molar-refractivity contribution in [3.8, 4) is 23.0 Å². The minimum atomic E-state index is -4.39. The maximum absolute atomic E-state index is 11.6. The molecule has 0 heterocycles. The van der Waals surface area contributed by atoms with Gasteiger partial charge < -0.3 is 27.9 Å². The monoisotopic (exact) mass is 550 g/mol. The van der Waals surface area contributed by atoms with E-state index < -0.39 is 15.6 Å². The zero-order chi connectivity index (χ0) is 24.3. The van der Waals surface area contributed by atoms with E-state index in [4.69, 9.17) is 18.1 Å². The molecule has 0 saturated carbocycles. The molecular weight excluding hydrogens is 530 g/mol. The summed E-state index contributed by atoms with van der Waals surface area (Å²) in [6, 6.07) is 32.8. The molecule has 35 heavy (non-hydrogen) atoms. The molecule has 0 aliphatic carbocycles. The van der Waals surface area contributed by atoms with Gasteiger partial charge in [-0.15, -0.1) is 0 Å². The SMILES string of the molecule is O=P([O-])(Oc1ccccc1)Oc1ccccc1.O=P([O-])(Oc1ccccc1)Oc1ccccc1.[Cr+2]. The van der Waals surface area contributed by atoms with Crippen molar-refractivity contribution in [3.63, 3.8) is 0 Å². The predicted octanol–water partition coefficient (Wildman–Crippen LogP) is 5.22. The Kier molecular flexibility index (Phi) is 11.1. The van der Waals surface area contributed by atoms with Crippen LogP contribution in [0.2, 0.25) is 0 Å². The first-order chi connectivity index (χ1) is 16.3. The van der Waals surface area contributed by atoms with E-state index in [1.807, 2.05) is 0 Å². The molecule has 0 saturated heterocycles. The Morgan fingerprint density at radius 2 is 0.571 bits per heavy atom. The molecule has 0 aliphatic heterocycles. The van der Waals surface area contributed by atoms with Gasteiger partial charge in [0.05, 0.1) is 0 Å². The molecule has 0 radical (unpaired) electrons. The fraction of sp³-hybridized carbons (Fsp3) is 0. The average molecular weight is 550 g/mol. The molecule has 8 nitrogen and oxygen atoms in total. The maximum Gasteiger partial charge on any atom is 2.00 e. The van der Waals surface area contributed by atoms with Crippen LogP contribution in [0.1, 0.15) is 0 Å². The number of hydrogen-bond donors (Lipinski definition) is 0. The number of rotatable bonds is 8. The van der Waals surface area contributed by atoms with Crippen LogP contribution in [0.25, 0.3) is 0 Å². The topological polar surface area (TPSA) is 117 Å². The molecule has 11 heteroatoms. The third kappa shape index (κ3) is 10.9. The van der Waals surface area contributed by atoms with Gasteiger partial charge in [-0.1, -0.05) is 72.8 Å². The van der Waals surface area contributed by atoms with Crippen molar-refractivity contribution in [2.24, 2.45) is 0 Å². The Labute approximate surface area is 214 Å². The Bertz CT molecular complexity index is 1040. The van der Waals surface area contributed by atoms with Gasteiger partial charge in [-0.3, -0.25) is 0 Å². The summed E-state index contributed by atoms with van der Waals surface area (Å²) in [5.41, 5.74) is 0. The normalized spacial score (nSPS) is 10.6. The van der Waals surface area contributed by atoms with Crippen LogP contribution in [0.4, 0.5) is 0 Å². The van der Waals surface area contributed by atoms with E-state index in [-0.39, 0.29) is 40.4 Å². The van der Waals surface area contributed by atoms with E-state index in [9.17, 15) is 18.9 Å². The summed E-state index contributed by atoms with van der Waals surface area (Å²) in [7, 11) is -8.77. The molecule has 0 unspecified atom stereocenters. The molecule has 0 N–H and O–H groups in total. The van der Waals surface area contributed by atoms with E-state index in [2.05, 4.69) is 0 Å². The Hall–Kier alpha value is -3.01. The molecule has 4 rings (SSSR count). The van der Waals surface area contributed by atoms with Gasteiger partial charge in [-0.05, 0) is 48.5 Å². The molecular formula is C24H20CrO8P2. The van der Waals surface area contributed by atoms with Gasteiger partial charge in [0.15, 0.2) is 0 Å². The van der Waals surface area contributed by atoms with Crippen LogP contribution in [0, 0.1) is 0 Å². The Morgan fingerprint density at radius 3 is 0.743 bits per heavy atom. The van der Waals surface area contributed by atoms with E-state index >= 15 is 0 Å². The van der Waals surface area contributed by atoms with Gasteiger partial charge in [0.2, 0.25) is 0 Å². The van der Waals surface area contributed by atoms with Gasteiger partial charge in [0.1, 0.15) is 23.0 Å². The minimum Gasteiger partial charge on any atom is -0.736 e. The minimum absolute atomic E-state index is 0. The number of para-hydroxylation sites is 4. The zero-order valence-electron chi connectivity index (χ0n) is 18.1. The summed E-state index contributed by atoms with van der Waals surface area (Å²) < 4.78 is 42.2. The van der Waals surface area contributed by atoms with Crippen LogP contribution in [0.3, 0.4) is 0 Å². The van der Waals surface area contributed by atoms with Crippen molar-refractivity contribution in [2.75, 3.05) is 0 Å². The van der Waals surface area contributed by atoms with Gasteiger partial charge in [0.25, 0.3) is 0 Å². The van der Waals surface area contributed by atoms with E-state index in [1.54, 1.807) is 121 Å². The number of phosphoric acid groups is 2. The third-order valence-corrected chi connectivity index (χ3v) is 5.58. The first-order valence-electron chi connectivity index (χ1n) is 9.92. The Balaban J connectivity index is 0.000000240. The summed E-state index contributed by atoms with van der Waals surface area (Å²) >= 11 is 0. The second-order valence-electron chi connectivity index (χ2n) is 6.51. The standard InChI is InChI=1S/2C12H11O4P.Cr/c2*13-17(14,15-11-7-3-1-4-8-11)16-12-9-5-2-6-10-12;/h2*1-10H,(H,13,14);/q;;+2/p-2. The van der Waals surface area contributed by atoms with Crippen LogP contribution in [0.5, 0.6) is 23.0 Å². The average Bonchev–Trinajstić information content (AvgIpc) is 2.81. The maximum atomic E-state index is 11.6. The molecule has 0 aromatic heterocycles. The number of hydrogen-bond acceptors (Lipinski definition) is 8. The van der Waals surface area contributed by atoms with Crippen LogP contribution >= 0.6 is 15.6 Å². The quantitative estimate of drug-likeness (QED) is 0.274. The Morgan fingerprint density at radius 1 is 0.400 bits per heavy atom. The fourth-order valence-electron chi connectivity index (χ4n) is 2.48. The van der Waals surface area contributed by atoms with Crippen molar-refractivity contribution in [3.05, 3.63) is 121 Å². The molecule has 0 fully saturated rings. The molecule has 0 spiro atoms. The van der Waals surface area contributed by atoms with Crippen LogP contribution < -0.4 is 27.9 Å². The van der Waals surface area contributed by atoms with E-state index in [0.29, 0.717) is 0 Å². The van der Waals surface area contributed by atoms with Crippen molar-refractivity contribution in [1.82, 2.24) is 0 Å². The summed E-state index contributed by atoms with van der Waals surface area (Å²) in [5.74, 6) is 0.895. The molecule has 0 aliphatic rings. The molecule has 0 amide bonds. The number of benzene rings is 4. The largest absolute Gasteiger partial charge is 2.00 e. The van der Waals surface area contributed by atoms with E-state index in [1.165, 1.54) is 0 Å². The van der Waals surface area contributed by atoms with Crippen molar-refractivity contribution >= 4 is 15.6 Å². The molecule has 4 aromatic carbocycles.